The van der Waals surface area contributed by atoms with Gasteiger partial charge in [0.25, 0.3) is 0 Å². The quantitative estimate of drug-likeness (QED) is 0.153. The van der Waals surface area contributed by atoms with Crippen molar-refractivity contribution >= 4 is 49.8 Å². The van der Waals surface area contributed by atoms with E-state index >= 15 is 0 Å². The van der Waals surface area contributed by atoms with Crippen LogP contribution in [0.3, 0.4) is 0 Å². The Bertz CT molecular complexity index is 3260. The smallest absolute Gasteiger partial charge is 0.159 e. The lowest BCUT2D eigenvalue weighted by Gasteiger charge is -2.26. The van der Waals surface area contributed by atoms with E-state index in [1.807, 2.05) is 0 Å². The zero-order chi connectivity index (χ0) is 39.8. The molecule has 0 aliphatic rings. The number of fused-ring (bicyclic) bond motifs is 4. The van der Waals surface area contributed by atoms with Gasteiger partial charge in [-0.05, 0) is 109 Å². The molecule has 0 bridgehead atoms. The molecular weight excluding hydrogens is 727 g/mol. The molecule has 0 saturated heterocycles. The summed E-state index contributed by atoms with van der Waals surface area (Å²) < 4.78 is 7.12. The van der Waals surface area contributed by atoms with E-state index in [2.05, 4.69) is 241 Å². The Balaban J connectivity index is 1.07. The molecule has 0 atom stereocenters. The maximum Gasteiger partial charge on any atom is 0.159 e. The van der Waals surface area contributed by atoms with Gasteiger partial charge in [-0.1, -0.05) is 188 Å². The summed E-state index contributed by atoms with van der Waals surface area (Å²) in [5.41, 5.74) is 16.4. The highest BCUT2D eigenvalue weighted by Crippen LogP contribution is 2.46. The van der Waals surface area contributed by atoms with Gasteiger partial charge in [-0.25, -0.2) is 0 Å². The molecule has 60 heavy (non-hydrogen) atoms. The number of para-hydroxylation sites is 1. The molecule has 0 N–H and O–H groups in total. The lowest BCUT2D eigenvalue weighted by molar-refractivity contribution is 0.670. The standard InChI is InChI=1S/C58H39NO/c1-5-15-40(16-6-1)42-29-33-49(34-30-42)59(50-35-31-43(32-36-50)47-28-27-46-23-13-24-51(53(46)37-47)44-19-9-3-10-20-44)56-26-14-25-52-55-39-48(41-17-7-2-8-18-41)38-54(57(55)60-58(52)56)45-21-11-4-12-22-45/h1-39H. The molecule has 0 aliphatic heterocycles. The van der Waals surface area contributed by atoms with E-state index in [4.69, 9.17) is 4.42 Å². The average molecular weight is 766 g/mol. The van der Waals surface area contributed by atoms with E-state index in [9.17, 15) is 0 Å². The summed E-state index contributed by atoms with van der Waals surface area (Å²) in [5, 5.41) is 4.64. The number of furan rings is 1. The van der Waals surface area contributed by atoms with Crippen molar-refractivity contribution in [1.29, 1.82) is 0 Å². The molecular formula is C58H39NO. The zero-order valence-corrected chi connectivity index (χ0v) is 32.9. The summed E-state index contributed by atoms with van der Waals surface area (Å²) in [4.78, 5) is 2.33. The predicted octanol–water partition coefficient (Wildman–Crippen LogP) is 16.5. The normalized spacial score (nSPS) is 11.3. The Morgan fingerprint density at radius 1 is 0.267 bits per heavy atom. The van der Waals surface area contributed by atoms with Gasteiger partial charge in [0.1, 0.15) is 5.58 Å². The molecule has 0 aliphatic carbocycles. The number of benzene rings is 10. The van der Waals surface area contributed by atoms with Gasteiger partial charge in [-0.3, -0.25) is 0 Å². The number of hydrogen-bond donors (Lipinski definition) is 0. The highest BCUT2D eigenvalue weighted by Gasteiger charge is 2.22. The van der Waals surface area contributed by atoms with Crippen LogP contribution in [0.25, 0.3) is 88.3 Å². The van der Waals surface area contributed by atoms with Gasteiger partial charge in [0, 0.05) is 27.7 Å². The first kappa shape index (κ1) is 35.2. The van der Waals surface area contributed by atoms with Crippen molar-refractivity contribution in [2.24, 2.45) is 0 Å². The van der Waals surface area contributed by atoms with Crippen LogP contribution >= 0.6 is 0 Å². The fourth-order valence-corrected chi connectivity index (χ4v) is 8.68. The van der Waals surface area contributed by atoms with Crippen molar-refractivity contribution in [3.63, 3.8) is 0 Å². The molecule has 10 aromatic carbocycles. The van der Waals surface area contributed by atoms with Gasteiger partial charge in [0.15, 0.2) is 5.58 Å². The fourth-order valence-electron chi connectivity index (χ4n) is 8.68. The molecule has 0 unspecified atom stereocenters. The Labute approximate surface area is 349 Å². The van der Waals surface area contributed by atoms with E-state index in [1.165, 1.54) is 44.2 Å². The minimum atomic E-state index is 0.842. The van der Waals surface area contributed by atoms with E-state index in [1.54, 1.807) is 0 Å². The van der Waals surface area contributed by atoms with Gasteiger partial charge < -0.3 is 9.32 Å². The minimum absolute atomic E-state index is 0.842. The molecule has 1 aromatic heterocycles. The van der Waals surface area contributed by atoms with Crippen LogP contribution in [0.15, 0.2) is 241 Å². The van der Waals surface area contributed by atoms with E-state index < -0.39 is 0 Å². The largest absolute Gasteiger partial charge is 0.453 e. The summed E-state index contributed by atoms with van der Waals surface area (Å²) in [7, 11) is 0. The third-order valence-electron chi connectivity index (χ3n) is 11.7. The monoisotopic (exact) mass is 765 g/mol. The molecule has 0 fully saturated rings. The zero-order valence-electron chi connectivity index (χ0n) is 32.9. The number of rotatable bonds is 8. The summed E-state index contributed by atoms with van der Waals surface area (Å²) in [5.74, 6) is 0. The van der Waals surface area contributed by atoms with Crippen molar-refractivity contribution in [3.8, 4) is 55.6 Å². The van der Waals surface area contributed by atoms with Crippen LogP contribution in [0.1, 0.15) is 0 Å². The first-order valence-corrected chi connectivity index (χ1v) is 20.5. The second-order valence-electron chi connectivity index (χ2n) is 15.3. The van der Waals surface area contributed by atoms with Crippen LogP contribution in [0, 0.1) is 0 Å². The van der Waals surface area contributed by atoms with Crippen molar-refractivity contribution in [3.05, 3.63) is 237 Å². The molecule has 0 amide bonds. The van der Waals surface area contributed by atoms with Crippen molar-refractivity contribution in [2.45, 2.75) is 0 Å². The Kier molecular flexibility index (Phi) is 8.87. The summed E-state index contributed by atoms with van der Waals surface area (Å²) in [6, 6.07) is 84.6. The molecule has 282 valence electrons. The second kappa shape index (κ2) is 15.1. The Hall–Kier alpha value is -7.94. The Morgan fingerprint density at radius 2 is 0.750 bits per heavy atom. The summed E-state index contributed by atoms with van der Waals surface area (Å²) in [6.07, 6.45) is 0. The predicted molar refractivity (Wildman–Crippen MR) is 253 cm³/mol. The molecule has 11 aromatic rings. The summed E-state index contributed by atoms with van der Waals surface area (Å²) in [6.45, 7) is 0. The topological polar surface area (TPSA) is 16.4 Å². The molecule has 0 saturated carbocycles. The van der Waals surface area contributed by atoms with E-state index in [0.29, 0.717) is 0 Å². The van der Waals surface area contributed by atoms with Crippen LogP contribution in [0.4, 0.5) is 17.1 Å². The molecule has 0 spiro atoms. The molecule has 1 heterocycles. The molecule has 0 radical (unpaired) electrons. The van der Waals surface area contributed by atoms with Crippen molar-refractivity contribution in [1.82, 2.24) is 0 Å². The van der Waals surface area contributed by atoms with Crippen LogP contribution in [-0.4, -0.2) is 0 Å². The number of anilines is 3. The van der Waals surface area contributed by atoms with Crippen molar-refractivity contribution < 1.29 is 4.42 Å². The van der Waals surface area contributed by atoms with Crippen LogP contribution < -0.4 is 4.90 Å². The minimum Gasteiger partial charge on any atom is -0.453 e. The third kappa shape index (κ3) is 6.41. The SMILES string of the molecule is c1ccc(-c2ccc(N(c3ccc(-c4ccc5cccc(-c6ccccc6)c5c4)cc3)c3cccc4c3oc3c(-c5ccccc5)cc(-c5ccccc5)cc34)cc2)cc1. The van der Waals surface area contributed by atoms with Crippen LogP contribution in [0.2, 0.25) is 0 Å². The van der Waals surface area contributed by atoms with Gasteiger partial charge in [-0.15, -0.1) is 0 Å². The second-order valence-corrected chi connectivity index (χ2v) is 15.3. The maximum atomic E-state index is 7.12. The first-order chi connectivity index (χ1) is 29.7. The van der Waals surface area contributed by atoms with Crippen molar-refractivity contribution in [2.75, 3.05) is 4.90 Å². The van der Waals surface area contributed by atoms with E-state index in [-0.39, 0.29) is 0 Å². The van der Waals surface area contributed by atoms with Gasteiger partial charge >= 0.3 is 0 Å². The molecule has 11 rings (SSSR count). The molecule has 2 heteroatoms. The van der Waals surface area contributed by atoms with Crippen LogP contribution in [0.5, 0.6) is 0 Å². The lowest BCUT2D eigenvalue weighted by atomic mass is 9.95. The van der Waals surface area contributed by atoms with Gasteiger partial charge in [-0.2, -0.15) is 0 Å². The highest BCUT2D eigenvalue weighted by molar-refractivity contribution is 6.15. The average Bonchev–Trinajstić information content (AvgIpc) is 3.72. The van der Waals surface area contributed by atoms with Gasteiger partial charge in [0.2, 0.25) is 0 Å². The van der Waals surface area contributed by atoms with E-state index in [0.717, 1.165) is 61.3 Å². The third-order valence-corrected chi connectivity index (χ3v) is 11.7. The number of nitrogens with zero attached hydrogens (tertiary/aromatic N) is 1. The number of hydrogen-bond acceptors (Lipinski definition) is 2. The Morgan fingerprint density at radius 3 is 1.37 bits per heavy atom. The summed E-state index contributed by atoms with van der Waals surface area (Å²) >= 11 is 0. The van der Waals surface area contributed by atoms with Gasteiger partial charge in [0.05, 0.1) is 5.69 Å². The first-order valence-electron chi connectivity index (χ1n) is 20.5. The lowest BCUT2D eigenvalue weighted by Crippen LogP contribution is -2.10. The fraction of sp³-hybridized carbons (Fsp3) is 0. The maximum absolute atomic E-state index is 7.12. The molecule has 2 nitrogen and oxygen atoms in total. The highest BCUT2D eigenvalue weighted by atomic mass is 16.3. The van der Waals surface area contributed by atoms with Crippen LogP contribution in [-0.2, 0) is 0 Å².